The Bertz CT molecular complexity index is 786. The number of nitrogens with zero attached hydrogens (tertiary/aromatic N) is 2. The summed E-state index contributed by atoms with van der Waals surface area (Å²) in [5, 5.41) is 10.0. The summed E-state index contributed by atoms with van der Waals surface area (Å²) in [5.41, 5.74) is -0.557. The molecule has 1 heterocycles. The maximum Gasteiger partial charge on any atom is 0.417 e. The molecule has 0 N–H and O–H groups in total. The average Bonchev–Trinajstić information content (AvgIpc) is 2.44. The normalized spacial score (nSPS) is 11.3. The number of hydrogen-bond acceptors (Lipinski definition) is 3. The third kappa shape index (κ3) is 4.31. The van der Waals surface area contributed by atoms with Crippen molar-refractivity contribution in [2.75, 3.05) is 0 Å². The maximum absolute atomic E-state index is 13.0. The molecule has 0 bridgehead atoms. The predicted octanol–water partition coefficient (Wildman–Crippen LogP) is 5.88. The molecule has 23 heavy (non-hydrogen) atoms. The van der Waals surface area contributed by atoms with Gasteiger partial charge in [0.15, 0.2) is 0 Å². The largest absolute Gasteiger partial charge is 0.417 e. The lowest BCUT2D eigenvalue weighted by Crippen LogP contribution is -2.10. The van der Waals surface area contributed by atoms with Gasteiger partial charge >= 0.3 is 6.18 Å². The lowest BCUT2D eigenvalue weighted by molar-refractivity contribution is -0.138. The summed E-state index contributed by atoms with van der Waals surface area (Å²) in [6, 6.07) is 7.35. The number of aryl methyl sites for hydroxylation is 1. The second kappa shape index (κ2) is 7.00. The minimum Gasteiger partial charge on any atom is -0.245 e. The first-order chi connectivity index (χ1) is 10.7. The molecule has 1 aromatic carbocycles. The van der Waals surface area contributed by atoms with Gasteiger partial charge in [-0.3, -0.25) is 0 Å². The standard InChI is InChI=1S/C15H9Cl2F3N2S/c1-8-4-12(15(18,19)20)11(6-21)14(22-8)23-7-9-2-3-10(16)5-13(9)17/h2-5H,7H2,1H3. The van der Waals surface area contributed by atoms with Gasteiger partial charge in [0.25, 0.3) is 0 Å². The second-order valence-electron chi connectivity index (χ2n) is 4.63. The van der Waals surface area contributed by atoms with Crippen LogP contribution in [-0.4, -0.2) is 4.98 Å². The molecule has 1 aromatic heterocycles. The van der Waals surface area contributed by atoms with Crippen molar-refractivity contribution >= 4 is 35.0 Å². The monoisotopic (exact) mass is 376 g/mol. The SMILES string of the molecule is Cc1cc(C(F)(F)F)c(C#N)c(SCc2ccc(Cl)cc2Cl)n1. The number of nitriles is 1. The zero-order valence-electron chi connectivity index (χ0n) is 11.7. The van der Waals surface area contributed by atoms with E-state index >= 15 is 0 Å². The van der Waals surface area contributed by atoms with Gasteiger partial charge in [0.05, 0.1) is 11.1 Å². The van der Waals surface area contributed by atoms with Gasteiger partial charge in [0.1, 0.15) is 11.1 Å². The molecule has 0 unspecified atom stereocenters. The Kier molecular flexibility index (Phi) is 5.45. The number of aromatic nitrogens is 1. The quantitative estimate of drug-likeness (QED) is 0.627. The summed E-state index contributed by atoms with van der Waals surface area (Å²) in [7, 11) is 0. The zero-order valence-corrected chi connectivity index (χ0v) is 14.0. The number of rotatable bonds is 3. The molecule has 0 radical (unpaired) electrons. The number of alkyl halides is 3. The molecule has 0 aliphatic rings. The van der Waals surface area contributed by atoms with E-state index in [1.165, 1.54) is 6.92 Å². The fraction of sp³-hybridized carbons (Fsp3) is 0.200. The molecule has 0 aliphatic heterocycles. The Morgan fingerprint density at radius 3 is 2.52 bits per heavy atom. The summed E-state index contributed by atoms with van der Waals surface area (Å²) in [4.78, 5) is 4.05. The van der Waals surface area contributed by atoms with Crippen LogP contribution >= 0.6 is 35.0 Å². The van der Waals surface area contributed by atoms with Crippen LogP contribution in [0.25, 0.3) is 0 Å². The number of hydrogen-bond donors (Lipinski definition) is 0. The van der Waals surface area contributed by atoms with Crippen molar-refractivity contribution in [1.82, 2.24) is 4.98 Å². The Morgan fingerprint density at radius 1 is 1.26 bits per heavy atom. The number of thioether (sulfide) groups is 1. The topological polar surface area (TPSA) is 36.7 Å². The molecule has 0 saturated carbocycles. The van der Waals surface area contributed by atoms with Gasteiger partial charge in [-0.25, -0.2) is 4.98 Å². The first kappa shape index (κ1) is 17.9. The van der Waals surface area contributed by atoms with Crippen LogP contribution in [0, 0.1) is 18.3 Å². The Hall–Kier alpha value is -1.42. The van der Waals surface area contributed by atoms with Crippen LogP contribution in [0.4, 0.5) is 13.2 Å². The summed E-state index contributed by atoms with van der Waals surface area (Å²) in [6.45, 7) is 1.45. The molecule has 2 nitrogen and oxygen atoms in total. The smallest absolute Gasteiger partial charge is 0.245 e. The van der Waals surface area contributed by atoms with Gasteiger partial charge in [-0.05, 0) is 30.7 Å². The molecule has 0 aliphatic carbocycles. The van der Waals surface area contributed by atoms with Gasteiger partial charge < -0.3 is 0 Å². The van der Waals surface area contributed by atoms with E-state index in [-0.39, 0.29) is 16.5 Å². The molecule has 120 valence electrons. The van der Waals surface area contributed by atoms with E-state index in [1.54, 1.807) is 24.3 Å². The summed E-state index contributed by atoms with van der Waals surface area (Å²) in [6.07, 6.45) is -4.61. The molecular weight excluding hydrogens is 368 g/mol. The van der Waals surface area contributed by atoms with Crippen LogP contribution in [0.15, 0.2) is 29.3 Å². The van der Waals surface area contributed by atoms with Crippen molar-refractivity contribution in [3.8, 4) is 6.07 Å². The number of halogens is 5. The van der Waals surface area contributed by atoms with Gasteiger partial charge in [-0.1, -0.05) is 29.3 Å². The average molecular weight is 377 g/mol. The third-order valence-electron chi connectivity index (χ3n) is 2.91. The van der Waals surface area contributed by atoms with Crippen molar-refractivity contribution in [3.63, 3.8) is 0 Å². The molecule has 8 heteroatoms. The molecular formula is C15H9Cl2F3N2S. The molecule has 2 aromatic rings. The summed E-state index contributed by atoms with van der Waals surface area (Å²) < 4.78 is 39.1. The lowest BCUT2D eigenvalue weighted by Gasteiger charge is -2.13. The number of benzene rings is 1. The highest BCUT2D eigenvalue weighted by molar-refractivity contribution is 7.98. The molecule has 0 spiro atoms. The third-order valence-corrected chi connectivity index (χ3v) is 4.52. The van der Waals surface area contributed by atoms with Crippen LogP contribution < -0.4 is 0 Å². The molecule has 0 atom stereocenters. The van der Waals surface area contributed by atoms with Crippen molar-refractivity contribution in [1.29, 1.82) is 5.26 Å². The summed E-state index contributed by atoms with van der Waals surface area (Å²) in [5.74, 6) is 0.276. The number of pyridine rings is 1. The van der Waals surface area contributed by atoms with E-state index in [4.69, 9.17) is 28.5 Å². The highest BCUT2D eigenvalue weighted by Gasteiger charge is 2.35. The Morgan fingerprint density at radius 2 is 1.96 bits per heavy atom. The fourth-order valence-corrected chi connectivity index (χ4v) is 3.47. The van der Waals surface area contributed by atoms with E-state index in [0.717, 1.165) is 17.8 Å². The van der Waals surface area contributed by atoms with Crippen molar-refractivity contribution in [2.24, 2.45) is 0 Å². The van der Waals surface area contributed by atoms with Crippen molar-refractivity contribution in [3.05, 3.63) is 56.7 Å². The highest BCUT2D eigenvalue weighted by atomic mass is 35.5. The molecule has 0 amide bonds. The first-order valence-electron chi connectivity index (χ1n) is 6.28. The van der Waals surface area contributed by atoms with Crippen molar-refractivity contribution < 1.29 is 13.2 Å². The zero-order chi connectivity index (χ0) is 17.2. The minimum absolute atomic E-state index is 0.0332. The summed E-state index contributed by atoms with van der Waals surface area (Å²) >= 11 is 12.9. The van der Waals surface area contributed by atoms with Crippen LogP contribution in [0.5, 0.6) is 0 Å². The van der Waals surface area contributed by atoms with Gasteiger partial charge in [0, 0.05) is 21.5 Å². The molecule has 2 rings (SSSR count). The highest BCUT2D eigenvalue weighted by Crippen LogP contribution is 2.37. The van der Waals surface area contributed by atoms with E-state index < -0.39 is 17.3 Å². The van der Waals surface area contributed by atoms with Gasteiger partial charge in [0.2, 0.25) is 0 Å². The van der Waals surface area contributed by atoms with Gasteiger partial charge in [-0.15, -0.1) is 11.8 Å². The van der Waals surface area contributed by atoms with E-state index in [2.05, 4.69) is 4.98 Å². The Labute approximate surface area is 145 Å². The lowest BCUT2D eigenvalue weighted by atomic mass is 10.1. The molecule has 0 saturated heterocycles. The second-order valence-corrected chi connectivity index (χ2v) is 6.43. The van der Waals surface area contributed by atoms with Gasteiger partial charge in [-0.2, -0.15) is 18.4 Å². The van der Waals surface area contributed by atoms with Crippen LogP contribution in [0.1, 0.15) is 22.4 Å². The minimum atomic E-state index is -4.61. The molecule has 0 fully saturated rings. The fourth-order valence-electron chi connectivity index (χ4n) is 1.87. The van der Waals surface area contributed by atoms with E-state index in [1.807, 2.05) is 0 Å². The van der Waals surface area contributed by atoms with E-state index in [9.17, 15) is 13.2 Å². The van der Waals surface area contributed by atoms with Crippen LogP contribution in [-0.2, 0) is 11.9 Å². The van der Waals surface area contributed by atoms with Crippen LogP contribution in [0.2, 0.25) is 10.0 Å². The predicted molar refractivity (Wildman–Crippen MR) is 84.7 cm³/mol. The van der Waals surface area contributed by atoms with Crippen LogP contribution in [0.3, 0.4) is 0 Å². The Balaban J connectivity index is 2.37. The first-order valence-corrected chi connectivity index (χ1v) is 8.02. The van der Waals surface area contributed by atoms with Crippen molar-refractivity contribution in [2.45, 2.75) is 23.9 Å². The van der Waals surface area contributed by atoms with E-state index in [0.29, 0.717) is 15.6 Å². The maximum atomic E-state index is 13.0.